The minimum atomic E-state index is 0.642. The molecule has 0 saturated heterocycles. The molecule has 2 aromatic rings. The van der Waals surface area contributed by atoms with Gasteiger partial charge in [-0.2, -0.15) is 0 Å². The fraction of sp³-hybridized carbons (Fsp3) is 0.333. The molecule has 0 fully saturated rings. The lowest BCUT2D eigenvalue weighted by Crippen LogP contribution is -2.03. The van der Waals surface area contributed by atoms with Gasteiger partial charge in [0.1, 0.15) is 5.75 Å². The van der Waals surface area contributed by atoms with Gasteiger partial charge in [0.2, 0.25) is 0 Å². The maximum Gasteiger partial charge on any atom is 0.161 e. The highest BCUT2D eigenvalue weighted by molar-refractivity contribution is 6.30. The summed E-state index contributed by atoms with van der Waals surface area (Å²) in [4.78, 5) is 0. The van der Waals surface area contributed by atoms with Crippen LogP contribution in [0.4, 0.5) is 0 Å². The van der Waals surface area contributed by atoms with Crippen LogP contribution in [-0.2, 0) is 0 Å². The summed E-state index contributed by atoms with van der Waals surface area (Å²) in [6.45, 7) is 3.33. The van der Waals surface area contributed by atoms with Gasteiger partial charge in [0.15, 0.2) is 11.5 Å². The van der Waals surface area contributed by atoms with E-state index in [0.717, 1.165) is 35.7 Å². The van der Waals surface area contributed by atoms with Crippen LogP contribution < -0.4 is 14.2 Å². The van der Waals surface area contributed by atoms with E-state index in [4.69, 9.17) is 25.8 Å². The van der Waals surface area contributed by atoms with Crippen molar-refractivity contribution in [3.05, 3.63) is 53.1 Å². The first kappa shape index (κ1) is 16.5. The molecule has 0 bridgehead atoms. The zero-order valence-electron chi connectivity index (χ0n) is 13.0. The largest absolute Gasteiger partial charge is 0.494 e. The van der Waals surface area contributed by atoms with Crippen molar-refractivity contribution >= 4 is 11.6 Å². The van der Waals surface area contributed by atoms with Crippen LogP contribution in [0.1, 0.15) is 18.4 Å². The summed E-state index contributed by atoms with van der Waals surface area (Å²) in [5, 5.41) is 0.716. The highest BCUT2D eigenvalue weighted by atomic mass is 35.5. The Kier molecular flexibility index (Phi) is 6.41. The molecule has 4 heteroatoms. The summed E-state index contributed by atoms with van der Waals surface area (Å²) in [5.41, 5.74) is 1.15. The van der Waals surface area contributed by atoms with Crippen molar-refractivity contribution in [2.24, 2.45) is 0 Å². The maximum absolute atomic E-state index is 5.82. The molecule has 0 aliphatic carbocycles. The van der Waals surface area contributed by atoms with Gasteiger partial charge in [-0.3, -0.25) is 0 Å². The van der Waals surface area contributed by atoms with Crippen molar-refractivity contribution in [2.75, 3.05) is 20.3 Å². The third-order valence-electron chi connectivity index (χ3n) is 3.20. The van der Waals surface area contributed by atoms with E-state index in [2.05, 4.69) is 0 Å². The molecule has 0 amide bonds. The molecule has 22 heavy (non-hydrogen) atoms. The van der Waals surface area contributed by atoms with E-state index in [9.17, 15) is 0 Å². The van der Waals surface area contributed by atoms with Crippen molar-refractivity contribution < 1.29 is 14.2 Å². The Morgan fingerprint density at radius 3 is 2.23 bits per heavy atom. The summed E-state index contributed by atoms with van der Waals surface area (Å²) >= 11 is 5.82. The van der Waals surface area contributed by atoms with Gasteiger partial charge in [0.25, 0.3) is 0 Å². The van der Waals surface area contributed by atoms with Crippen molar-refractivity contribution in [1.29, 1.82) is 0 Å². The number of aryl methyl sites for hydroxylation is 1. The SMILES string of the molecule is COc1cc(C)ccc1OCCCCOc1ccc(Cl)cc1. The van der Waals surface area contributed by atoms with Gasteiger partial charge in [-0.25, -0.2) is 0 Å². The summed E-state index contributed by atoms with van der Waals surface area (Å²) in [6, 6.07) is 13.3. The number of hydrogen-bond donors (Lipinski definition) is 0. The van der Waals surface area contributed by atoms with Crippen molar-refractivity contribution in [3.8, 4) is 17.2 Å². The zero-order chi connectivity index (χ0) is 15.8. The number of benzene rings is 2. The van der Waals surface area contributed by atoms with Crippen LogP contribution in [0, 0.1) is 6.92 Å². The predicted octanol–water partition coefficient (Wildman–Crippen LogP) is 4.90. The molecule has 0 heterocycles. The normalized spacial score (nSPS) is 10.3. The molecule has 0 aliphatic rings. The van der Waals surface area contributed by atoms with E-state index < -0.39 is 0 Å². The minimum absolute atomic E-state index is 0.642. The quantitative estimate of drug-likeness (QED) is 0.648. The van der Waals surface area contributed by atoms with Gasteiger partial charge < -0.3 is 14.2 Å². The lowest BCUT2D eigenvalue weighted by atomic mass is 10.2. The second kappa shape index (κ2) is 8.54. The van der Waals surface area contributed by atoms with Crippen LogP contribution in [0.25, 0.3) is 0 Å². The molecule has 2 rings (SSSR count). The second-order valence-corrected chi connectivity index (χ2v) is 5.45. The number of halogens is 1. The Balaban J connectivity index is 1.66. The summed E-state index contributed by atoms with van der Waals surface area (Å²) in [6.07, 6.45) is 1.85. The molecule has 0 saturated carbocycles. The average Bonchev–Trinajstić information content (AvgIpc) is 2.53. The Morgan fingerprint density at radius 2 is 1.55 bits per heavy atom. The molecular weight excluding hydrogens is 300 g/mol. The Hall–Kier alpha value is -1.87. The molecule has 2 aromatic carbocycles. The molecule has 0 spiro atoms. The topological polar surface area (TPSA) is 27.7 Å². The van der Waals surface area contributed by atoms with Crippen LogP contribution >= 0.6 is 11.6 Å². The molecule has 3 nitrogen and oxygen atoms in total. The number of unbranched alkanes of at least 4 members (excludes halogenated alkanes) is 1. The van der Waals surface area contributed by atoms with Crippen LogP contribution in [0.3, 0.4) is 0 Å². The van der Waals surface area contributed by atoms with Gasteiger partial charge in [-0.05, 0) is 61.7 Å². The summed E-state index contributed by atoms with van der Waals surface area (Å²) in [7, 11) is 1.65. The van der Waals surface area contributed by atoms with Crippen molar-refractivity contribution in [1.82, 2.24) is 0 Å². The molecule has 0 N–H and O–H groups in total. The lowest BCUT2D eigenvalue weighted by Gasteiger charge is -2.11. The summed E-state index contributed by atoms with van der Waals surface area (Å²) in [5.74, 6) is 2.40. The second-order valence-electron chi connectivity index (χ2n) is 5.01. The third-order valence-corrected chi connectivity index (χ3v) is 3.45. The highest BCUT2D eigenvalue weighted by Gasteiger charge is 2.04. The minimum Gasteiger partial charge on any atom is -0.494 e. The first-order valence-corrected chi connectivity index (χ1v) is 7.72. The van der Waals surface area contributed by atoms with E-state index in [-0.39, 0.29) is 0 Å². The molecular formula is C18H21ClO3. The third kappa shape index (κ3) is 5.15. The van der Waals surface area contributed by atoms with Gasteiger partial charge in [-0.1, -0.05) is 17.7 Å². The van der Waals surface area contributed by atoms with Gasteiger partial charge in [-0.15, -0.1) is 0 Å². The molecule has 0 radical (unpaired) electrons. The summed E-state index contributed by atoms with van der Waals surface area (Å²) < 4.78 is 16.7. The van der Waals surface area contributed by atoms with E-state index in [1.807, 2.05) is 49.4 Å². The number of methoxy groups -OCH3 is 1. The van der Waals surface area contributed by atoms with E-state index in [1.165, 1.54) is 0 Å². The molecule has 0 aliphatic heterocycles. The Morgan fingerprint density at radius 1 is 0.864 bits per heavy atom. The first-order valence-electron chi connectivity index (χ1n) is 7.35. The van der Waals surface area contributed by atoms with Crippen molar-refractivity contribution in [3.63, 3.8) is 0 Å². The zero-order valence-corrected chi connectivity index (χ0v) is 13.7. The number of ether oxygens (including phenoxy) is 3. The molecule has 0 atom stereocenters. The monoisotopic (exact) mass is 320 g/mol. The fourth-order valence-electron chi connectivity index (χ4n) is 2.00. The Labute approximate surface area is 136 Å². The van der Waals surface area contributed by atoms with Gasteiger partial charge in [0, 0.05) is 5.02 Å². The first-order chi connectivity index (χ1) is 10.7. The Bertz CT molecular complexity index is 581. The number of hydrogen-bond acceptors (Lipinski definition) is 3. The van der Waals surface area contributed by atoms with Crippen LogP contribution in [0.5, 0.6) is 17.2 Å². The maximum atomic E-state index is 5.82. The van der Waals surface area contributed by atoms with Crippen LogP contribution in [-0.4, -0.2) is 20.3 Å². The predicted molar refractivity (Wildman–Crippen MR) is 89.4 cm³/mol. The van der Waals surface area contributed by atoms with E-state index in [1.54, 1.807) is 7.11 Å². The standard InChI is InChI=1S/C18H21ClO3/c1-14-5-10-17(18(13-14)20-2)22-12-4-3-11-21-16-8-6-15(19)7-9-16/h5-10,13H,3-4,11-12H2,1-2H3. The van der Waals surface area contributed by atoms with Crippen molar-refractivity contribution in [2.45, 2.75) is 19.8 Å². The van der Waals surface area contributed by atoms with E-state index in [0.29, 0.717) is 18.2 Å². The molecule has 118 valence electrons. The van der Waals surface area contributed by atoms with E-state index >= 15 is 0 Å². The van der Waals surface area contributed by atoms with Crippen LogP contribution in [0.15, 0.2) is 42.5 Å². The fourth-order valence-corrected chi connectivity index (χ4v) is 2.13. The highest BCUT2D eigenvalue weighted by Crippen LogP contribution is 2.27. The van der Waals surface area contributed by atoms with Gasteiger partial charge in [0.05, 0.1) is 20.3 Å². The number of rotatable bonds is 8. The molecule has 0 aromatic heterocycles. The lowest BCUT2D eigenvalue weighted by molar-refractivity contribution is 0.258. The average molecular weight is 321 g/mol. The van der Waals surface area contributed by atoms with Crippen LogP contribution in [0.2, 0.25) is 5.02 Å². The van der Waals surface area contributed by atoms with Gasteiger partial charge >= 0.3 is 0 Å². The molecule has 0 unspecified atom stereocenters. The smallest absolute Gasteiger partial charge is 0.161 e.